The van der Waals surface area contributed by atoms with E-state index in [4.69, 9.17) is 4.74 Å². The number of nitrogens with zero attached hydrogens (tertiary/aromatic N) is 3. The zero-order valence-electron chi connectivity index (χ0n) is 20.4. The number of benzene rings is 3. The first kappa shape index (κ1) is 23.1. The van der Waals surface area contributed by atoms with Crippen molar-refractivity contribution < 1.29 is 4.74 Å². The maximum Gasteiger partial charge on any atom is 0.204 e. The molecule has 1 N–H and O–H groups in total. The summed E-state index contributed by atoms with van der Waals surface area (Å²) in [7, 11) is 0. The van der Waals surface area contributed by atoms with E-state index in [9.17, 15) is 0 Å². The topological polar surface area (TPSA) is 51.4 Å². The lowest BCUT2D eigenvalue weighted by atomic mass is 9.87. The number of anilines is 1. The molecule has 178 valence electrons. The van der Waals surface area contributed by atoms with E-state index in [-0.39, 0.29) is 5.41 Å². The van der Waals surface area contributed by atoms with E-state index in [0.29, 0.717) is 6.61 Å². The van der Waals surface area contributed by atoms with Gasteiger partial charge in [-0.25, -0.2) is 4.98 Å². The minimum atomic E-state index is 0.152. The summed E-state index contributed by atoms with van der Waals surface area (Å²) in [4.78, 5) is 4.58. The lowest BCUT2D eigenvalue weighted by molar-refractivity contribution is 0.302. The number of fused-ring (bicyclic) bond motifs is 2. The number of hydrogen-bond donors (Lipinski definition) is 1. The Morgan fingerprint density at radius 1 is 1.00 bits per heavy atom. The SMILES string of the molecule is CC(C)(C)c1ccc(OCCCn2cc(C=NNc3nc4ccccc4s3)c3ccccc32)cc1. The third-order valence-corrected chi connectivity index (χ3v) is 6.95. The fraction of sp³-hybridized carbons (Fsp3) is 0.241. The summed E-state index contributed by atoms with van der Waals surface area (Å²) in [6.45, 7) is 8.21. The molecule has 2 aromatic heterocycles. The van der Waals surface area contributed by atoms with Crippen LogP contribution >= 0.6 is 11.3 Å². The molecule has 0 aliphatic carbocycles. The number of aromatic nitrogens is 2. The van der Waals surface area contributed by atoms with E-state index in [1.807, 2.05) is 24.4 Å². The van der Waals surface area contributed by atoms with Gasteiger partial charge in [0.15, 0.2) is 0 Å². The normalized spacial score (nSPS) is 12.1. The van der Waals surface area contributed by atoms with E-state index < -0.39 is 0 Å². The maximum atomic E-state index is 6.00. The molecule has 5 nitrogen and oxygen atoms in total. The molecule has 0 aliphatic rings. The summed E-state index contributed by atoms with van der Waals surface area (Å²) in [5.74, 6) is 0.920. The Kier molecular flexibility index (Phi) is 6.55. The second-order valence-corrected chi connectivity index (χ2v) is 10.7. The molecule has 3 aromatic carbocycles. The number of thiazole rings is 1. The smallest absolute Gasteiger partial charge is 0.204 e. The van der Waals surface area contributed by atoms with Gasteiger partial charge in [0.25, 0.3) is 0 Å². The average molecular weight is 483 g/mol. The van der Waals surface area contributed by atoms with Crippen LogP contribution in [0.15, 0.2) is 84.1 Å². The maximum absolute atomic E-state index is 6.00. The van der Waals surface area contributed by atoms with Crippen LogP contribution in [0.1, 0.15) is 38.3 Å². The molecule has 6 heteroatoms. The van der Waals surface area contributed by atoms with Gasteiger partial charge >= 0.3 is 0 Å². The first-order chi connectivity index (χ1) is 17.0. The van der Waals surface area contributed by atoms with Crippen LogP contribution in [0.2, 0.25) is 0 Å². The van der Waals surface area contributed by atoms with Crippen molar-refractivity contribution in [1.82, 2.24) is 9.55 Å². The Morgan fingerprint density at radius 3 is 2.57 bits per heavy atom. The Morgan fingerprint density at radius 2 is 1.77 bits per heavy atom. The number of para-hydroxylation sites is 2. The minimum Gasteiger partial charge on any atom is -0.494 e. The van der Waals surface area contributed by atoms with Crippen molar-refractivity contribution in [2.45, 2.75) is 39.2 Å². The number of nitrogens with one attached hydrogen (secondary N) is 1. The predicted molar refractivity (Wildman–Crippen MR) is 148 cm³/mol. The highest BCUT2D eigenvalue weighted by molar-refractivity contribution is 7.22. The van der Waals surface area contributed by atoms with Gasteiger partial charge < -0.3 is 9.30 Å². The van der Waals surface area contributed by atoms with Crippen LogP contribution in [-0.4, -0.2) is 22.4 Å². The van der Waals surface area contributed by atoms with Crippen LogP contribution in [-0.2, 0) is 12.0 Å². The minimum absolute atomic E-state index is 0.152. The number of ether oxygens (including phenoxy) is 1. The van der Waals surface area contributed by atoms with Crippen molar-refractivity contribution in [2.24, 2.45) is 5.10 Å². The van der Waals surface area contributed by atoms with E-state index in [2.05, 4.69) is 102 Å². The molecular formula is C29H30N4OS. The molecule has 5 aromatic rings. The van der Waals surface area contributed by atoms with Gasteiger partial charge in [0.1, 0.15) is 5.75 Å². The first-order valence-corrected chi connectivity index (χ1v) is 12.7. The third-order valence-electron chi connectivity index (χ3n) is 6.01. The molecule has 0 bridgehead atoms. The van der Waals surface area contributed by atoms with Crippen molar-refractivity contribution in [1.29, 1.82) is 0 Å². The lowest BCUT2D eigenvalue weighted by Crippen LogP contribution is -2.10. The van der Waals surface area contributed by atoms with Crippen LogP contribution < -0.4 is 10.2 Å². The highest BCUT2D eigenvalue weighted by Gasteiger charge is 2.13. The highest BCUT2D eigenvalue weighted by atomic mass is 32.1. The Labute approximate surface area is 210 Å². The monoisotopic (exact) mass is 482 g/mol. The molecule has 0 unspecified atom stereocenters. The number of hydrogen-bond acceptors (Lipinski definition) is 5. The van der Waals surface area contributed by atoms with Crippen molar-refractivity contribution in [2.75, 3.05) is 12.0 Å². The van der Waals surface area contributed by atoms with Crippen LogP contribution in [0.3, 0.4) is 0 Å². The quantitative estimate of drug-likeness (QED) is 0.142. The fourth-order valence-corrected chi connectivity index (χ4v) is 4.93. The second-order valence-electron chi connectivity index (χ2n) is 9.63. The zero-order chi connectivity index (χ0) is 24.3. The first-order valence-electron chi connectivity index (χ1n) is 11.9. The average Bonchev–Trinajstić information content (AvgIpc) is 3.43. The molecule has 0 amide bonds. The molecule has 0 aliphatic heterocycles. The molecule has 0 fully saturated rings. The van der Waals surface area contributed by atoms with Gasteiger partial charge in [-0.15, -0.1) is 0 Å². The number of rotatable bonds is 8. The summed E-state index contributed by atoms with van der Waals surface area (Å²) in [6.07, 6.45) is 4.95. The van der Waals surface area contributed by atoms with Crippen molar-refractivity contribution in [3.63, 3.8) is 0 Å². The van der Waals surface area contributed by atoms with Crippen molar-refractivity contribution in [3.05, 3.63) is 90.1 Å². The Balaban J connectivity index is 1.22. The van der Waals surface area contributed by atoms with E-state index in [1.54, 1.807) is 11.3 Å². The summed E-state index contributed by atoms with van der Waals surface area (Å²) in [6, 6.07) is 25.0. The van der Waals surface area contributed by atoms with Gasteiger partial charge in [-0.3, -0.25) is 5.43 Å². The van der Waals surface area contributed by atoms with Gasteiger partial charge in [-0.05, 0) is 47.7 Å². The molecule has 5 rings (SSSR count). The highest BCUT2D eigenvalue weighted by Crippen LogP contribution is 2.26. The van der Waals surface area contributed by atoms with Gasteiger partial charge in [0.2, 0.25) is 5.13 Å². The summed E-state index contributed by atoms with van der Waals surface area (Å²) >= 11 is 1.60. The van der Waals surface area contributed by atoms with Gasteiger partial charge in [0.05, 0.1) is 23.0 Å². The van der Waals surface area contributed by atoms with Gasteiger partial charge in [-0.1, -0.05) is 74.6 Å². The zero-order valence-corrected chi connectivity index (χ0v) is 21.2. The Bertz CT molecular complexity index is 1420. The molecule has 2 heterocycles. The molecule has 0 atom stereocenters. The second kappa shape index (κ2) is 9.92. The molecule has 0 radical (unpaired) electrons. The van der Waals surface area contributed by atoms with E-state index >= 15 is 0 Å². The molecule has 0 spiro atoms. The number of hydrazone groups is 1. The van der Waals surface area contributed by atoms with Gasteiger partial charge in [-0.2, -0.15) is 5.10 Å². The van der Waals surface area contributed by atoms with Crippen LogP contribution in [0.5, 0.6) is 5.75 Å². The fourth-order valence-electron chi connectivity index (χ4n) is 4.12. The van der Waals surface area contributed by atoms with Crippen molar-refractivity contribution in [3.8, 4) is 5.75 Å². The van der Waals surface area contributed by atoms with Crippen LogP contribution in [0.25, 0.3) is 21.1 Å². The standard InChI is InChI=1S/C29H30N4OS/c1-29(2,3)22-13-15-23(16-14-22)34-18-8-17-33-20-21(24-9-4-6-11-26(24)33)19-30-32-28-31-25-10-5-7-12-27(25)35-28/h4-7,9-16,19-20H,8,17-18H2,1-3H3,(H,31,32). The van der Waals surface area contributed by atoms with Crippen molar-refractivity contribution >= 4 is 43.8 Å². The van der Waals surface area contributed by atoms with Crippen LogP contribution in [0.4, 0.5) is 5.13 Å². The molecule has 0 saturated heterocycles. The van der Waals surface area contributed by atoms with E-state index in [1.165, 1.54) is 16.5 Å². The summed E-state index contributed by atoms with van der Waals surface area (Å²) in [5, 5.41) is 6.44. The Hall–Kier alpha value is -3.64. The lowest BCUT2D eigenvalue weighted by Gasteiger charge is -2.19. The predicted octanol–water partition coefficient (Wildman–Crippen LogP) is 7.46. The third kappa shape index (κ3) is 5.38. The largest absolute Gasteiger partial charge is 0.494 e. The molecule has 0 saturated carbocycles. The van der Waals surface area contributed by atoms with Gasteiger partial charge in [0, 0.05) is 29.2 Å². The molecular weight excluding hydrogens is 452 g/mol. The number of aryl methyl sites for hydroxylation is 1. The summed E-state index contributed by atoms with van der Waals surface area (Å²) < 4.78 is 9.42. The van der Waals surface area contributed by atoms with Crippen LogP contribution in [0, 0.1) is 0 Å². The van der Waals surface area contributed by atoms with E-state index in [0.717, 1.165) is 39.6 Å². The molecule has 35 heavy (non-hydrogen) atoms. The summed E-state index contributed by atoms with van der Waals surface area (Å²) in [5.41, 5.74) is 7.81.